The van der Waals surface area contributed by atoms with E-state index >= 15 is 0 Å². The Balaban J connectivity index is 1.83. The van der Waals surface area contributed by atoms with Crippen molar-refractivity contribution in [3.05, 3.63) is 51.7 Å². The van der Waals surface area contributed by atoms with Gasteiger partial charge in [0.15, 0.2) is 0 Å². The van der Waals surface area contributed by atoms with Gasteiger partial charge in [0.2, 0.25) is 0 Å². The SMILES string of the molecule is CCCC(c1cccs1)N1Cc2ccc(N)cc2C1. The van der Waals surface area contributed by atoms with E-state index in [1.165, 1.54) is 28.8 Å². The summed E-state index contributed by atoms with van der Waals surface area (Å²) < 4.78 is 0. The fourth-order valence-electron chi connectivity index (χ4n) is 2.92. The molecule has 0 radical (unpaired) electrons. The molecule has 2 N–H and O–H groups in total. The molecule has 0 amide bonds. The van der Waals surface area contributed by atoms with Gasteiger partial charge < -0.3 is 5.73 Å². The van der Waals surface area contributed by atoms with E-state index in [4.69, 9.17) is 5.73 Å². The molecule has 0 bridgehead atoms. The van der Waals surface area contributed by atoms with Crippen molar-refractivity contribution in [1.82, 2.24) is 4.90 Å². The largest absolute Gasteiger partial charge is 0.399 e. The van der Waals surface area contributed by atoms with Crippen LogP contribution in [0.15, 0.2) is 35.7 Å². The standard InChI is InChI=1S/C16H20N2S/c1-2-4-15(16-5-3-8-19-16)18-10-12-6-7-14(17)9-13(12)11-18/h3,5-9,15H,2,4,10-11,17H2,1H3. The Bertz CT molecular complexity index is 548. The van der Waals surface area contributed by atoms with Crippen LogP contribution in [-0.2, 0) is 13.1 Å². The fraction of sp³-hybridized carbons (Fsp3) is 0.375. The van der Waals surface area contributed by atoms with E-state index in [9.17, 15) is 0 Å². The number of anilines is 1. The van der Waals surface area contributed by atoms with Crippen LogP contribution < -0.4 is 5.73 Å². The third-order valence-corrected chi connectivity index (χ3v) is 4.83. The highest BCUT2D eigenvalue weighted by Gasteiger charge is 2.26. The molecule has 0 aliphatic carbocycles. The zero-order chi connectivity index (χ0) is 13.2. The van der Waals surface area contributed by atoms with Crippen molar-refractivity contribution in [3.8, 4) is 0 Å². The molecule has 0 fully saturated rings. The molecule has 2 nitrogen and oxygen atoms in total. The summed E-state index contributed by atoms with van der Waals surface area (Å²) in [6.07, 6.45) is 2.45. The Kier molecular flexibility index (Phi) is 3.58. The second kappa shape index (κ2) is 5.35. The van der Waals surface area contributed by atoms with E-state index < -0.39 is 0 Å². The zero-order valence-corrected chi connectivity index (χ0v) is 12.1. The Labute approximate surface area is 118 Å². The van der Waals surface area contributed by atoms with Crippen LogP contribution in [0.25, 0.3) is 0 Å². The molecule has 1 unspecified atom stereocenters. The van der Waals surface area contributed by atoms with E-state index in [2.05, 4.69) is 41.5 Å². The molecular formula is C16H20N2S. The fourth-order valence-corrected chi connectivity index (χ4v) is 3.82. The maximum absolute atomic E-state index is 5.89. The van der Waals surface area contributed by atoms with Gasteiger partial charge in [-0.3, -0.25) is 4.90 Å². The summed E-state index contributed by atoms with van der Waals surface area (Å²) >= 11 is 1.87. The van der Waals surface area contributed by atoms with Gasteiger partial charge in [-0.1, -0.05) is 25.5 Å². The zero-order valence-electron chi connectivity index (χ0n) is 11.3. The van der Waals surface area contributed by atoms with Gasteiger partial charge in [0.05, 0.1) is 0 Å². The topological polar surface area (TPSA) is 29.3 Å². The van der Waals surface area contributed by atoms with Crippen LogP contribution in [-0.4, -0.2) is 4.90 Å². The molecule has 1 aliphatic heterocycles. The van der Waals surface area contributed by atoms with E-state index in [0.717, 1.165) is 18.8 Å². The van der Waals surface area contributed by atoms with Crippen molar-refractivity contribution < 1.29 is 0 Å². The lowest BCUT2D eigenvalue weighted by atomic mass is 10.1. The number of hydrogen-bond donors (Lipinski definition) is 1. The van der Waals surface area contributed by atoms with Gasteiger partial charge in [0.1, 0.15) is 0 Å². The van der Waals surface area contributed by atoms with Gasteiger partial charge in [-0.15, -0.1) is 11.3 Å². The molecule has 100 valence electrons. The van der Waals surface area contributed by atoms with Gasteiger partial charge in [-0.25, -0.2) is 0 Å². The second-order valence-electron chi connectivity index (χ2n) is 5.25. The molecule has 1 aliphatic rings. The number of fused-ring (bicyclic) bond motifs is 1. The summed E-state index contributed by atoms with van der Waals surface area (Å²) in [6.45, 7) is 4.35. The first-order valence-electron chi connectivity index (χ1n) is 6.92. The smallest absolute Gasteiger partial charge is 0.0448 e. The van der Waals surface area contributed by atoms with Gasteiger partial charge >= 0.3 is 0 Å². The second-order valence-corrected chi connectivity index (χ2v) is 6.23. The molecule has 0 saturated heterocycles. The van der Waals surface area contributed by atoms with Crippen LogP contribution >= 0.6 is 11.3 Å². The molecule has 19 heavy (non-hydrogen) atoms. The lowest BCUT2D eigenvalue weighted by Crippen LogP contribution is -2.22. The molecule has 2 aromatic rings. The molecular weight excluding hydrogens is 252 g/mol. The summed E-state index contributed by atoms with van der Waals surface area (Å²) in [5.74, 6) is 0. The molecule has 1 aromatic carbocycles. The molecule has 3 heteroatoms. The third kappa shape index (κ3) is 2.53. The van der Waals surface area contributed by atoms with Crippen molar-refractivity contribution in [2.45, 2.75) is 38.9 Å². The lowest BCUT2D eigenvalue weighted by molar-refractivity contribution is 0.192. The predicted molar refractivity (Wildman–Crippen MR) is 82.1 cm³/mol. The average Bonchev–Trinajstić information content (AvgIpc) is 3.04. The molecule has 3 rings (SSSR count). The van der Waals surface area contributed by atoms with Crippen LogP contribution in [0.4, 0.5) is 5.69 Å². The Morgan fingerprint density at radius 3 is 2.84 bits per heavy atom. The first-order valence-corrected chi connectivity index (χ1v) is 7.80. The van der Waals surface area contributed by atoms with Crippen molar-refractivity contribution in [2.75, 3.05) is 5.73 Å². The first-order chi connectivity index (χ1) is 9.28. The molecule has 0 saturated carbocycles. The number of nitrogens with two attached hydrogens (primary N) is 1. The number of nitrogen functional groups attached to an aromatic ring is 1. The van der Waals surface area contributed by atoms with E-state index in [1.807, 2.05) is 17.4 Å². The monoisotopic (exact) mass is 272 g/mol. The quantitative estimate of drug-likeness (QED) is 0.846. The van der Waals surface area contributed by atoms with Crippen LogP contribution in [0.5, 0.6) is 0 Å². The number of benzene rings is 1. The number of rotatable bonds is 4. The molecule has 2 heterocycles. The number of hydrogen-bond acceptors (Lipinski definition) is 3. The third-order valence-electron chi connectivity index (χ3n) is 3.85. The number of nitrogens with zero attached hydrogens (tertiary/aromatic N) is 1. The van der Waals surface area contributed by atoms with E-state index in [1.54, 1.807) is 0 Å². The maximum atomic E-state index is 5.89. The predicted octanol–water partition coefficient (Wildman–Crippen LogP) is 4.19. The van der Waals surface area contributed by atoms with E-state index in [0.29, 0.717) is 6.04 Å². The van der Waals surface area contributed by atoms with Crippen molar-refractivity contribution >= 4 is 17.0 Å². The van der Waals surface area contributed by atoms with Gasteiger partial charge in [0.25, 0.3) is 0 Å². The van der Waals surface area contributed by atoms with Crippen LogP contribution in [0.1, 0.15) is 41.8 Å². The number of thiophene rings is 1. The average molecular weight is 272 g/mol. The van der Waals surface area contributed by atoms with E-state index in [-0.39, 0.29) is 0 Å². The maximum Gasteiger partial charge on any atom is 0.0448 e. The summed E-state index contributed by atoms with van der Waals surface area (Å²) in [7, 11) is 0. The van der Waals surface area contributed by atoms with Gasteiger partial charge in [-0.05, 0) is 41.1 Å². The van der Waals surface area contributed by atoms with Crippen LogP contribution in [0.2, 0.25) is 0 Å². The van der Waals surface area contributed by atoms with Crippen LogP contribution in [0.3, 0.4) is 0 Å². The highest BCUT2D eigenvalue weighted by Crippen LogP contribution is 2.36. The van der Waals surface area contributed by atoms with Gasteiger partial charge in [-0.2, -0.15) is 0 Å². The highest BCUT2D eigenvalue weighted by molar-refractivity contribution is 7.10. The highest BCUT2D eigenvalue weighted by atomic mass is 32.1. The van der Waals surface area contributed by atoms with Crippen molar-refractivity contribution in [1.29, 1.82) is 0 Å². The summed E-state index contributed by atoms with van der Waals surface area (Å²) in [5, 5.41) is 2.18. The minimum atomic E-state index is 0.554. The van der Waals surface area contributed by atoms with Crippen molar-refractivity contribution in [2.24, 2.45) is 0 Å². The minimum absolute atomic E-state index is 0.554. The minimum Gasteiger partial charge on any atom is -0.399 e. The Hall–Kier alpha value is -1.32. The summed E-state index contributed by atoms with van der Waals surface area (Å²) in [4.78, 5) is 4.07. The molecule has 1 atom stereocenters. The Morgan fingerprint density at radius 1 is 1.26 bits per heavy atom. The Morgan fingerprint density at radius 2 is 2.11 bits per heavy atom. The first kappa shape index (κ1) is 12.7. The summed E-state index contributed by atoms with van der Waals surface area (Å²) in [5.41, 5.74) is 9.61. The molecule has 0 spiro atoms. The van der Waals surface area contributed by atoms with Crippen molar-refractivity contribution in [3.63, 3.8) is 0 Å². The van der Waals surface area contributed by atoms with Gasteiger partial charge in [0, 0.05) is 29.7 Å². The molecule has 1 aromatic heterocycles. The normalized spacial score (nSPS) is 16.5. The van der Waals surface area contributed by atoms with Crippen LogP contribution in [0, 0.1) is 0 Å². The lowest BCUT2D eigenvalue weighted by Gasteiger charge is -2.26. The summed E-state index contributed by atoms with van der Waals surface area (Å²) in [6, 6.07) is 11.3.